The number of aromatic nitrogens is 1. The summed E-state index contributed by atoms with van der Waals surface area (Å²) >= 11 is 0. The Balaban J connectivity index is 0.000000461. The maximum absolute atomic E-state index is 4.39. The van der Waals surface area contributed by atoms with Crippen molar-refractivity contribution in [1.82, 2.24) is 4.98 Å². The Bertz CT molecular complexity index is 294. The average molecular weight is 192 g/mol. The summed E-state index contributed by atoms with van der Waals surface area (Å²) in [5.41, 5.74) is 2.82. The molecule has 0 fully saturated rings. The lowest BCUT2D eigenvalue weighted by Crippen LogP contribution is -2.26. The molecule has 0 radical (unpaired) electrons. The summed E-state index contributed by atoms with van der Waals surface area (Å²) in [6.45, 7) is 7.31. The second kappa shape index (κ2) is 4.99. The smallest absolute Gasteiger partial charge is 0.131 e. The topological polar surface area (TPSA) is 16.1 Å². The average Bonchev–Trinajstić information content (AvgIpc) is 2.23. The van der Waals surface area contributed by atoms with Gasteiger partial charge in [0.05, 0.1) is 0 Å². The second-order valence-corrected chi connectivity index (χ2v) is 3.46. The van der Waals surface area contributed by atoms with Gasteiger partial charge in [0.1, 0.15) is 5.82 Å². The minimum Gasteiger partial charge on any atom is -0.359 e. The highest BCUT2D eigenvalue weighted by molar-refractivity contribution is 5.51. The number of hydrogen-bond donors (Lipinski definition) is 0. The van der Waals surface area contributed by atoms with Crippen molar-refractivity contribution in [2.75, 3.05) is 18.5 Å². The van der Waals surface area contributed by atoms with Crippen LogP contribution >= 0.6 is 0 Å². The standard InChI is InChI=1S/C10H14N2.C2H6/c1-8-5-6-11-10-9(8)4-3-7-12(10)2;1-2/h5-6H,3-4,7H2,1-2H3;1-2H3. The molecule has 78 valence electrons. The Morgan fingerprint density at radius 3 is 2.71 bits per heavy atom. The first-order valence-corrected chi connectivity index (χ1v) is 5.44. The zero-order valence-corrected chi connectivity index (χ0v) is 9.67. The number of hydrogen-bond acceptors (Lipinski definition) is 2. The molecule has 2 heterocycles. The van der Waals surface area contributed by atoms with Gasteiger partial charge in [-0.05, 0) is 37.0 Å². The molecule has 0 aromatic carbocycles. The number of pyridine rings is 1. The van der Waals surface area contributed by atoms with Gasteiger partial charge in [-0.1, -0.05) is 13.8 Å². The molecule has 2 heteroatoms. The summed E-state index contributed by atoms with van der Waals surface area (Å²) < 4.78 is 0. The zero-order valence-electron chi connectivity index (χ0n) is 9.67. The second-order valence-electron chi connectivity index (χ2n) is 3.46. The van der Waals surface area contributed by atoms with E-state index < -0.39 is 0 Å². The van der Waals surface area contributed by atoms with Gasteiger partial charge in [-0.15, -0.1) is 0 Å². The van der Waals surface area contributed by atoms with Gasteiger partial charge in [-0.2, -0.15) is 0 Å². The lowest BCUT2D eigenvalue weighted by Gasteiger charge is -2.26. The molecule has 1 aromatic heterocycles. The monoisotopic (exact) mass is 192 g/mol. The summed E-state index contributed by atoms with van der Waals surface area (Å²) in [7, 11) is 2.12. The molecule has 0 unspecified atom stereocenters. The predicted octanol–water partition coefficient (Wildman–Crippen LogP) is 2.80. The highest BCUT2D eigenvalue weighted by Crippen LogP contribution is 2.25. The van der Waals surface area contributed by atoms with Crippen LogP contribution in [0.5, 0.6) is 0 Å². The fourth-order valence-electron chi connectivity index (χ4n) is 1.81. The fraction of sp³-hybridized carbons (Fsp3) is 0.583. The van der Waals surface area contributed by atoms with E-state index >= 15 is 0 Å². The van der Waals surface area contributed by atoms with Crippen LogP contribution in [0.15, 0.2) is 12.3 Å². The third-order valence-corrected chi connectivity index (χ3v) is 2.55. The Labute approximate surface area is 87.0 Å². The lowest BCUT2D eigenvalue weighted by molar-refractivity contribution is 0.726. The van der Waals surface area contributed by atoms with Crippen molar-refractivity contribution in [3.63, 3.8) is 0 Å². The maximum Gasteiger partial charge on any atom is 0.131 e. The molecule has 0 saturated heterocycles. The molecule has 0 spiro atoms. The van der Waals surface area contributed by atoms with E-state index in [1.807, 2.05) is 20.0 Å². The molecule has 0 saturated carbocycles. The van der Waals surface area contributed by atoms with E-state index in [0.717, 1.165) is 6.54 Å². The van der Waals surface area contributed by atoms with Gasteiger partial charge >= 0.3 is 0 Å². The SMILES string of the molecule is CC.Cc1ccnc2c1CCCN2C. The van der Waals surface area contributed by atoms with E-state index in [-0.39, 0.29) is 0 Å². The van der Waals surface area contributed by atoms with Crippen LogP contribution in [0.1, 0.15) is 31.4 Å². The molecule has 1 aliphatic rings. The number of nitrogens with zero attached hydrogens (tertiary/aromatic N) is 2. The maximum atomic E-state index is 4.39. The lowest BCUT2D eigenvalue weighted by atomic mass is 10.0. The molecular weight excluding hydrogens is 172 g/mol. The first-order chi connectivity index (χ1) is 6.79. The van der Waals surface area contributed by atoms with Gasteiger partial charge in [0, 0.05) is 19.8 Å². The van der Waals surface area contributed by atoms with Crippen molar-refractivity contribution >= 4 is 5.82 Å². The Kier molecular flexibility index (Phi) is 3.93. The van der Waals surface area contributed by atoms with E-state index in [1.165, 1.54) is 29.8 Å². The number of aryl methyl sites for hydroxylation is 1. The van der Waals surface area contributed by atoms with E-state index in [0.29, 0.717) is 0 Å². The summed E-state index contributed by atoms with van der Waals surface area (Å²) in [5.74, 6) is 1.18. The molecule has 0 bridgehead atoms. The van der Waals surface area contributed by atoms with Gasteiger partial charge in [0.25, 0.3) is 0 Å². The minimum absolute atomic E-state index is 1.14. The molecule has 2 rings (SSSR count). The van der Waals surface area contributed by atoms with Crippen molar-refractivity contribution in [2.24, 2.45) is 0 Å². The normalized spacial score (nSPS) is 14.1. The van der Waals surface area contributed by atoms with Crippen molar-refractivity contribution in [3.8, 4) is 0 Å². The number of anilines is 1. The molecular formula is C12H20N2. The van der Waals surface area contributed by atoms with Crippen LogP contribution in [0.3, 0.4) is 0 Å². The van der Waals surface area contributed by atoms with E-state index in [4.69, 9.17) is 0 Å². The Morgan fingerprint density at radius 2 is 2.07 bits per heavy atom. The van der Waals surface area contributed by atoms with Gasteiger partial charge in [0.2, 0.25) is 0 Å². The van der Waals surface area contributed by atoms with Crippen LogP contribution in [0, 0.1) is 6.92 Å². The van der Waals surface area contributed by atoms with Crippen molar-refractivity contribution < 1.29 is 0 Å². The summed E-state index contributed by atoms with van der Waals surface area (Å²) in [4.78, 5) is 6.63. The van der Waals surface area contributed by atoms with Crippen molar-refractivity contribution in [3.05, 3.63) is 23.4 Å². The van der Waals surface area contributed by atoms with Gasteiger partial charge in [-0.3, -0.25) is 0 Å². The highest BCUT2D eigenvalue weighted by atomic mass is 15.2. The molecule has 0 atom stereocenters. The van der Waals surface area contributed by atoms with E-state index in [1.54, 1.807) is 0 Å². The molecule has 0 aliphatic carbocycles. The zero-order chi connectivity index (χ0) is 10.6. The summed E-state index contributed by atoms with van der Waals surface area (Å²) in [6, 6.07) is 2.10. The minimum atomic E-state index is 1.14. The highest BCUT2D eigenvalue weighted by Gasteiger charge is 2.15. The predicted molar refractivity (Wildman–Crippen MR) is 61.9 cm³/mol. The largest absolute Gasteiger partial charge is 0.359 e. The van der Waals surface area contributed by atoms with Gasteiger partial charge in [-0.25, -0.2) is 4.98 Å². The molecule has 14 heavy (non-hydrogen) atoms. The Hall–Kier alpha value is -1.05. The van der Waals surface area contributed by atoms with Crippen LogP contribution in [-0.2, 0) is 6.42 Å². The van der Waals surface area contributed by atoms with Gasteiger partial charge in [0.15, 0.2) is 0 Å². The van der Waals surface area contributed by atoms with Crippen LogP contribution in [-0.4, -0.2) is 18.6 Å². The fourth-order valence-corrected chi connectivity index (χ4v) is 1.81. The van der Waals surface area contributed by atoms with E-state index in [2.05, 4.69) is 29.9 Å². The van der Waals surface area contributed by atoms with Crippen molar-refractivity contribution in [2.45, 2.75) is 33.6 Å². The number of fused-ring (bicyclic) bond motifs is 1. The molecule has 1 aromatic rings. The molecule has 0 N–H and O–H groups in total. The quantitative estimate of drug-likeness (QED) is 0.628. The first-order valence-electron chi connectivity index (χ1n) is 5.44. The van der Waals surface area contributed by atoms with Crippen LogP contribution in [0.2, 0.25) is 0 Å². The van der Waals surface area contributed by atoms with E-state index in [9.17, 15) is 0 Å². The third kappa shape index (κ3) is 2.06. The van der Waals surface area contributed by atoms with Crippen LogP contribution < -0.4 is 4.90 Å². The van der Waals surface area contributed by atoms with Crippen LogP contribution in [0.4, 0.5) is 5.82 Å². The molecule has 2 nitrogen and oxygen atoms in total. The summed E-state index contributed by atoms with van der Waals surface area (Å²) in [5, 5.41) is 0. The van der Waals surface area contributed by atoms with Crippen LogP contribution in [0.25, 0.3) is 0 Å². The van der Waals surface area contributed by atoms with Gasteiger partial charge < -0.3 is 4.90 Å². The molecule has 0 amide bonds. The number of rotatable bonds is 0. The van der Waals surface area contributed by atoms with Crippen molar-refractivity contribution in [1.29, 1.82) is 0 Å². The summed E-state index contributed by atoms with van der Waals surface area (Å²) in [6.07, 6.45) is 4.35. The third-order valence-electron chi connectivity index (χ3n) is 2.55. The Morgan fingerprint density at radius 1 is 1.36 bits per heavy atom. The molecule has 1 aliphatic heterocycles. The first kappa shape index (κ1) is 11.0.